The van der Waals surface area contributed by atoms with Crippen LogP contribution < -0.4 is 5.73 Å². The maximum Gasteiger partial charge on any atom is 0.226 e. The van der Waals surface area contributed by atoms with Crippen LogP contribution in [0.25, 0.3) is 11.5 Å². The highest BCUT2D eigenvalue weighted by Crippen LogP contribution is 2.19. The highest BCUT2D eigenvalue weighted by Gasteiger charge is 2.03. The first kappa shape index (κ1) is 11.2. The van der Waals surface area contributed by atoms with E-state index in [4.69, 9.17) is 10.2 Å². The third-order valence-corrected chi connectivity index (χ3v) is 2.28. The van der Waals surface area contributed by atoms with Gasteiger partial charge < -0.3 is 10.2 Å². The Labute approximate surface area is 99.0 Å². The first-order valence-electron chi connectivity index (χ1n) is 5.24. The molecule has 0 fully saturated rings. The van der Waals surface area contributed by atoms with E-state index in [1.807, 2.05) is 32.0 Å². The lowest BCUT2D eigenvalue weighted by molar-refractivity contribution is 0.542. The highest BCUT2D eigenvalue weighted by atomic mass is 16.4. The zero-order valence-corrected chi connectivity index (χ0v) is 9.77. The maximum atomic E-state index is 5.77. The number of H-pyrrole nitrogens is 1. The van der Waals surface area contributed by atoms with Gasteiger partial charge in [-0.15, -0.1) is 0 Å². The van der Waals surface area contributed by atoms with Gasteiger partial charge in [-0.3, -0.25) is 5.10 Å². The lowest BCUT2D eigenvalue weighted by Gasteiger charge is -1.94. The zero-order valence-electron chi connectivity index (χ0n) is 9.77. The molecule has 5 heteroatoms. The zero-order chi connectivity index (χ0) is 12.3. The molecule has 0 aliphatic heterocycles. The number of anilines is 1. The van der Waals surface area contributed by atoms with Gasteiger partial charge >= 0.3 is 0 Å². The molecular weight excluding hydrogens is 216 g/mol. The van der Waals surface area contributed by atoms with Crippen LogP contribution >= 0.6 is 0 Å². The van der Waals surface area contributed by atoms with Gasteiger partial charge in [-0.05, 0) is 37.6 Å². The summed E-state index contributed by atoms with van der Waals surface area (Å²) < 4.78 is 5.48. The van der Waals surface area contributed by atoms with Crippen LogP contribution in [-0.2, 0) is 0 Å². The number of nitrogens with zero attached hydrogens (tertiary/aromatic N) is 2. The number of aryl methyl sites for hydroxylation is 2. The molecule has 0 atom stereocenters. The van der Waals surface area contributed by atoms with Gasteiger partial charge in [0.2, 0.25) is 5.89 Å². The summed E-state index contributed by atoms with van der Waals surface area (Å²) in [5, 5.41) is 6.69. The van der Waals surface area contributed by atoms with E-state index in [1.165, 1.54) is 0 Å². The third-order valence-electron chi connectivity index (χ3n) is 2.28. The first-order chi connectivity index (χ1) is 8.16. The normalized spacial score (nSPS) is 10.0. The molecular formula is C12H14N4O. The number of rotatable bonds is 1. The summed E-state index contributed by atoms with van der Waals surface area (Å²) in [6.07, 6.45) is 3.38. The van der Waals surface area contributed by atoms with Crippen molar-refractivity contribution in [1.82, 2.24) is 15.2 Å². The average Bonchev–Trinajstić information content (AvgIpc) is 2.74. The predicted molar refractivity (Wildman–Crippen MR) is 65.6 cm³/mol. The predicted octanol–water partition coefficient (Wildman–Crippen LogP) is 2.39. The quantitative estimate of drug-likeness (QED) is 0.788. The van der Waals surface area contributed by atoms with E-state index >= 15 is 0 Å². The summed E-state index contributed by atoms with van der Waals surface area (Å²) in [7, 11) is 0. The molecule has 0 saturated heterocycles. The number of nitrogens with one attached hydrogen (secondary N) is 1. The summed E-state index contributed by atoms with van der Waals surface area (Å²) in [6.45, 7) is 3.74. The number of oxazole rings is 1. The second kappa shape index (κ2) is 4.69. The summed E-state index contributed by atoms with van der Waals surface area (Å²) in [6, 6.07) is 5.60. The summed E-state index contributed by atoms with van der Waals surface area (Å²) >= 11 is 0. The molecule has 2 aromatic heterocycles. The highest BCUT2D eigenvalue weighted by molar-refractivity contribution is 5.55. The minimum absolute atomic E-state index is 0.436. The molecule has 3 N–H and O–H groups in total. The number of aromatic nitrogens is 3. The molecule has 0 amide bonds. The fourth-order valence-electron chi connectivity index (χ4n) is 1.37. The van der Waals surface area contributed by atoms with Crippen LogP contribution in [0.15, 0.2) is 35.0 Å². The van der Waals surface area contributed by atoms with Crippen molar-refractivity contribution in [1.29, 1.82) is 0 Å². The van der Waals surface area contributed by atoms with Gasteiger partial charge in [0, 0.05) is 11.8 Å². The van der Waals surface area contributed by atoms with Crippen molar-refractivity contribution in [2.45, 2.75) is 13.8 Å². The molecule has 2 rings (SSSR count). The fourth-order valence-corrected chi connectivity index (χ4v) is 1.37. The Hall–Kier alpha value is -2.30. The Morgan fingerprint density at radius 2 is 2.18 bits per heavy atom. The van der Waals surface area contributed by atoms with E-state index in [1.54, 1.807) is 12.4 Å². The number of nitrogen functional groups attached to an aromatic ring is 1. The minimum atomic E-state index is 0.436. The molecule has 88 valence electrons. The molecule has 5 nitrogen and oxygen atoms in total. The van der Waals surface area contributed by atoms with Crippen molar-refractivity contribution >= 4 is 5.82 Å². The van der Waals surface area contributed by atoms with Crippen molar-refractivity contribution in [2.24, 2.45) is 0 Å². The number of nitrogens with two attached hydrogens (primary N) is 1. The fraction of sp³-hybridized carbons (Fsp3) is 0.167. The van der Waals surface area contributed by atoms with E-state index < -0.39 is 0 Å². The van der Waals surface area contributed by atoms with Crippen molar-refractivity contribution in [2.75, 3.05) is 5.73 Å². The van der Waals surface area contributed by atoms with E-state index in [-0.39, 0.29) is 0 Å². The van der Waals surface area contributed by atoms with E-state index in [9.17, 15) is 0 Å². The second-order valence-electron chi connectivity index (χ2n) is 3.71. The molecule has 0 aliphatic carbocycles. The van der Waals surface area contributed by atoms with Gasteiger partial charge in [0.05, 0.1) is 6.20 Å². The van der Waals surface area contributed by atoms with Gasteiger partial charge in [0.15, 0.2) is 0 Å². The smallest absolute Gasteiger partial charge is 0.226 e. The van der Waals surface area contributed by atoms with Crippen LogP contribution in [0, 0.1) is 13.8 Å². The standard InChI is InChI=1S/C12H14N4O/c1-8-6-10(12-14-7-9(2)17-12)4-3-5-15-16-11(8)13/h3-7,15H,1-2H3,(H2,13,16). The molecule has 0 spiro atoms. The monoisotopic (exact) mass is 230 g/mol. The van der Waals surface area contributed by atoms with Crippen LogP contribution in [0.3, 0.4) is 0 Å². The van der Waals surface area contributed by atoms with Gasteiger partial charge in [-0.2, -0.15) is 5.10 Å². The largest absolute Gasteiger partial charge is 0.441 e. The van der Waals surface area contributed by atoms with Crippen LogP contribution in [0.5, 0.6) is 0 Å². The topological polar surface area (TPSA) is 80.7 Å². The van der Waals surface area contributed by atoms with Crippen LogP contribution in [0.4, 0.5) is 5.82 Å². The van der Waals surface area contributed by atoms with Crippen molar-refractivity contribution < 1.29 is 4.42 Å². The molecule has 0 bridgehead atoms. The van der Waals surface area contributed by atoms with Crippen LogP contribution in [0.1, 0.15) is 11.3 Å². The van der Waals surface area contributed by atoms with E-state index in [0.717, 1.165) is 16.9 Å². The molecule has 0 saturated carbocycles. The Kier molecular flexibility index (Phi) is 3.09. The van der Waals surface area contributed by atoms with Crippen molar-refractivity contribution in [3.63, 3.8) is 0 Å². The SMILES string of the molecule is Cc1cnc(-c2ccc[nH]nc(N)c(C)c2)o1. The number of hydrogen-bond donors (Lipinski definition) is 2. The molecule has 2 aromatic rings. The second-order valence-corrected chi connectivity index (χ2v) is 3.71. The van der Waals surface area contributed by atoms with Gasteiger partial charge in [0.25, 0.3) is 0 Å². The summed E-state index contributed by atoms with van der Waals surface area (Å²) in [5.74, 6) is 1.78. The minimum Gasteiger partial charge on any atom is -0.441 e. The van der Waals surface area contributed by atoms with Crippen LogP contribution in [-0.4, -0.2) is 15.2 Å². The lowest BCUT2D eigenvalue weighted by Crippen LogP contribution is -1.91. The Balaban J connectivity index is 2.63. The lowest BCUT2D eigenvalue weighted by atomic mass is 10.2. The number of aromatic amines is 1. The molecule has 0 aliphatic rings. The summed E-state index contributed by atoms with van der Waals surface area (Å²) in [4.78, 5) is 4.19. The third kappa shape index (κ3) is 2.63. The van der Waals surface area contributed by atoms with E-state index in [2.05, 4.69) is 15.2 Å². The molecule has 0 radical (unpaired) electrons. The summed E-state index contributed by atoms with van der Waals surface area (Å²) in [5.41, 5.74) is 7.48. The Bertz CT molecular complexity index is 570. The molecule has 17 heavy (non-hydrogen) atoms. The maximum absolute atomic E-state index is 5.77. The average molecular weight is 230 g/mol. The van der Waals surface area contributed by atoms with Crippen molar-refractivity contribution in [3.8, 4) is 11.5 Å². The van der Waals surface area contributed by atoms with Gasteiger partial charge in [0.1, 0.15) is 11.6 Å². The number of hydrogen-bond acceptors (Lipinski definition) is 4. The molecule has 2 heterocycles. The molecule has 0 unspecified atom stereocenters. The van der Waals surface area contributed by atoms with Gasteiger partial charge in [-0.25, -0.2) is 4.98 Å². The Morgan fingerprint density at radius 3 is 2.88 bits per heavy atom. The van der Waals surface area contributed by atoms with Gasteiger partial charge in [-0.1, -0.05) is 0 Å². The first-order valence-corrected chi connectivity index (χ1v) is 5.24. The van der Waals surface area contributed by atoms with Crippen molar-refractivity contribution in [3.05, 3.63) is 41.9 Å². The van der Waals surface area contributed by atoms with E-state index in [0.29, 0.717) is 11.7 Å². The Morgan fingerprint density at radius 1 is 1.35 bits per heavy atom. The molecule has 0 aromatic carbocycles. The van der Waals surface area contributed by atoms with Crippen LogP contribution in [0.2, 0.25) is 0 Å².